The molecular formula is C14H21ClN2O2. The van der Waals surface area contributed by atoms with Crippen molar-refractivity contribution in [2.75, 3.05) is 32.5 Å². The Morgan fingerprint density at radius 3 is 2.68 bits per heavy atom. The maximum Gasteiger partial charge on any atom is 0.257 e. The van der Waals surface area contributed by atoms with E-state index in [9.17, 15) is 4.79 Å². The van der Waals surface area contributed by atoms with Crippen LogP contribution in [-0.2, 0) is 4.74 Å². The molecule has 106 valence electrons. The van der Waals surface area contributed by atoms with Gasteiger partial charge in [-0.05, 0) is 18.1 Å². The lowest BCUT2D eigenvalue weighted by Gasteiger charge is -2.25. The summed E-state index contributed by atoms with van der Waals surface area (Å²) in [5.74, 6) is 0.221. The Morgan fingerprint density at radius 1 is 1.47 bits per heavy atom. The highest BCUT2D eigenvalue weighted by Gasteiger charge is 2.21. The lowest BCUT2D eigenvalue weighted by molar-refractivity contribution is 0.0673. The average Bonchev–Trinajstić information content (AvgIpc) is 2.33. The number of hydrogen-bond donors (Lipinski definition) is 1. The first-order chi connectivity index (χ1) is 8.97. The fraction of sp³-hybridized carbons (Fsp3) is 0.500. The van der Waals surface area contributed by atoms with E-state index in [1.165, 1.54) is 0 Å². The summed E-state index contributed by atoms with van der Waals surface area (Å²) in [6, 6.07) is 5.09. The summed E-state index contributed by atoms with van der Waals surface area (Å²) in [4.78, 5) is 14.3. The van der Waals surface area contributed by atoms with Gasteiger partial charge in [-0.2, -0.15) is 0 Å². The smallest absolute Gasteiger partial charge is 0.257 e. The van der Waals surface area contributed by atoms with Gasteiger partial charge in [0.25, 0.3) is 5.91 Å². The van der Waals surface area contributed by atoms with E-state index in [2.05, 4.69) is 13.8 Å². The van der Waals surface area contributed by atoms with Crippen LogP contribution >= 0.6 is 11.6 Å². The molecular weight excluding hydrogens is 264 g/mol. The van der Waals surface area contributed by atoms with Crippen LogP contribution < -0.4 is 5.73 Å². The van der Waals surface area contributed by atoms with E-state index in [4.69, 9.17) is 22.1 Å². The van der Waals surface area contributed by atoms with E-state index in [1.54, 1.807) is 30.2 Å². The first kappa shape index (κ1) is 15.8. The van der Waals surface area contributed by atoms with E-state index in [0.29, 0.717) is 41.9 Å². The van der Waals surface area contributed by atoms with Crippen LogP contribution in [0.3, 0.4) is 0 Å². The van der Waals surface area contributed by atoms with Gasteiger partial charge in [-0.15, -0.1) is 0 Å². The summed E-state index contributed by atoms with van der Waals surface area (Å²) < 4.78 is 5.04. The zero-order valence-corrected chi connectivity index (χ0v) is 12.4. The lowest BCUT2D eigenvalue weighted by atomic mass is 10.1. The molecule has 0 unspecified atom stereocenters. The molecule has 0 fully saturated rings. The van der Waals surface area contributed by atoms with Crippen LogP contribution in [-0.4, -0.2) is 37.6 Å². The van der Waals surface area contributed by atoms with Gasteiger partial charge in [0.1, 0.15) is 0 Å². The Bertz CT molecular complexity index is 415. The van der Waals surface area contributed by atoms with Crippen molar-refractivity contribution in [3.05, 3.63) is 28.8 Å². The van der Waals surface area contributed by atoms with Gasteiger partial charge in [0, 0.05) is 25.9 Å². The predicted molar refractivity (Wildman–Crippen MR) is 78.5 cm³/mol. The minimum absolute atomic E-state index is 0.145. The van der Waals surface area contributed by atoms with Crippen molar-refractivity contribution in [2.24, 2.45) is 5.92 Å². The molecule has 1 amide bonds. The average molecular weight is 285 g/mol. The van der Waals surface area contributed by atoms with Gasteiger partial charge in [0.05, 0.1) is 17.2 Å². The molecule has 0 aliphatic rings. The molecule has 0 radical (unpaired) electrons. The molecule has 0 spiro atoms. The SMILES string of the molecule is COCCN(CC(C)C)C(=O)c1c(N)cccc1Cl. The van der Waals surface area contributed by atoms with Gasteiger partial charge in [-0.25, -0.2) is 0 Å². The summed E-state index contributed by atoms with van der Waals surface area (Å²) in [5.41, 5.74) is 6.64. The van der Waals surface area contributed by atoms with Gasteiger partial charge in [-0.3, -0.25) is 4.79 Å². The van der Waals surface area contributed by atoms with Gasteiger partial charge >= 0.3 is 0 Å². The minimum atomic E-state index is -0.145. The Hall–Kier alpha value is -1.26. The second kappa shape index (κ2) is 7.36. The van der Waals surface area contributed by atoms with Crippen molar-refractivity contribution in [1.29, 1.82) is 0 Å². The van der Waals surface area contributed by atoms with Crippen LogP contribution in [0.15, 0.2) is 18.2 Å². The van der Waals surface area contributed by atoms with E-state index in [-0.39, 0.29) is 5.91 Å². The quantitative estimate of drug-likeness (QED) is 0.817. The van der Waals surface area contributed by atoms with Crippen molar-refractivity contribution in [1.82, 2.24) is 4.90 Å². The summed E-state index contributed by atoms with van der Waals surface area (Å²) >= 11 is 6.08. The molecule has 0 saturated heterocycles. The van der Waals surface area contributed by atoms with Gasteiger partial charge in [0.2, 0.25) is 0 Å². The Balaban J connectivity index is 2.97. The van der Waals surface area contributed by atoms with Crippen LogP contribution in [0.5, 0.6) is 0 Å². The third kappa shape index (κ3) is 4.40. The maximum atomic E-state index is 12.5. The highest BCUT2D eigenvalue weighted by Crippen LogP contribution is 2.24. The standard InChI is InChI=1S/C14H21ClN2O2/c1-10(2)9-17(7-8-19-3)14(18)13-11(15)5-4-6-12(13)16/h4-6,10H,7-9,16H2,1-3H3. The molecule has 2 N–H and O–H groups in total. The van der Waals surface area contributed by atoms with Crippen LogP contribution in [0.4, 0.5) is 5.69 Å². The van der Waals surface area contributed by atoms with Crippen molar-refractivity contribution in [2.45, 2.75) is 13.8 Å². The highest BCUT2D eigenvalue weighted by atomic mass is 35.5. The van der Waals surface area contributed by atoms with Crippen LogP contribution in [0.25, 0.3) is 0 Å². The first-order valence-corrected chi connectivity index (χ1v) is 6.67. The number of carbonyl (C=O) groups is 1. The zero-order chi connectivity index (χ0) is 14.4. The molecule has 1 aromatic rings. The van der Waals surface area contributed by atoms with Crippen LogP contribution in [0.2, 0.25) is 5.02 Å². The van der Waals surface area contributed by atoms with Crippen molar-refractivity contribution in [3.63, 3.8) is 0 Å². The third-order valence-electron chi connectivity index (χ3n) is 2.70. The normalized spacial score (nSPS) is 10.8. The van der Waals surface area contributed by atoms with Crippen molar-refractivity contribution in [3.8, 4) is 0 Å². The molecule has 0 aromatic heterocycles. The topological polar surface area (TPSA) is 55.6 Å². The monoisotopic (exact) mass is 284 g/mol. The number of anilines is 1. The molecule has 19 heavy (non-hydrogen) atoms. The van der Waals surface area contributed by atoms with E-state index < -0.39 is 0 Å². The van der Waals surface area contributed by atoms with E-state index >= 15 is 0 Å². The molecule has 1 rings (SSSR count). The molecule has 0 bridgehead atoms. The Labute approximate surface area is 119 Å². The fourth-order valence-corrected chi connectivity index (χ4v) is 2.11. The summed E-state index contributed by atoms with van der Waals surface area (Å²) in [6.45, 7) is 5.78. The van der Waals surface area contributed by atoms with Crippen molar-refractivity contribution < 1.29 is 9.53 Å². The number of halogens is 1. The van der Waals surface area contributed by atoms with Crippen LogP contribution in [0, 0.1) is 5.92 Å². The molecule has 1 aromatic carbocycles. The number of hydrogen-bond acceptors (Lipinski definition) is 3. The van der Waals surface area contributed by atoms with Gasteiger partial charge < -0.3 is 15.4 Å². The highest BCUT2D eigenvalue weighted by molar-refractivity contribution is 6.34. The number of ether oxygens (including phenoxy) is 1. The molecule has 5 heteroatoms. The molecule has 0 heterocycles. The summed E-state index contributed by atoms with van der Waals surface area (Å²) in [7, 11) is 1.61. The van der Waals surface area contributed by atoms with E-state index in [0.717, 1.165) is 0 Å². The van der Waals surface area contributed by atoms with Gasteiger partial charge in [0.15, 0.2) is 0 Å². The number of methoxy groups -OCH3 is 1. The minimum Gasteiger partial charge on any atom is -0.398 e. The molecule has 4 nitrogen and oxygen atoms in total. The fourth-order valence-electron chi connectivity index (χ4n) is 1.84. The number of nitrogens with two attached hydrogens (primary N) is 1. The number of nitrogens with zero attached hydrogens (tertiary/aromatic N) is 1. The molecule has 0 atom stereocenters. The Morgan fingerprint density at radius 2 is 2.16 bits per heavy atom. The Kier molecular flexibility index (Phi) is 6.12. The zero-order valence-electron chi connectivity index (χ0n) is 11.6. The molecule has 0 aliphatic carbocycles. The number of amides is 1. The summed E-state index contributed by atoms with van der Waals surface area (Å²) in [6.07, 6.45) is 0. The largest absolute Gasteiger partial charge is 0.398 e. The molecule has 0 aliphatic heterocycles. The predicted octanol–water partition coefficient (Wildman–Crippen LogP) is 2.67. The molecule has 0 saturated carbocycles. The lowest BCUT2D eigenvalue weighted by Crippen LogP contribution is -2.37. The van der Waals surface area contributed by atoms with E-state index in [1.807, 2.05) is 0 Å². The number of benzene rings is 1. The second-order valence-corrected chi connectivity index (χ2v) is 5.25. The van der Waals surface area contributed by atoms with Crippen molar-refractivity contribution >= 4 is 23.2 Å². The third-order valence-corrected chi connectivity index (χ3v) is 3.01. The summed E-state index contributed by atoms with van der Waals surface area (Å²) in [5, 5.41) is 0.385. The first-order valence-electron chi connectivity index (χ1n) is 6.29. The number of carbonyl (C=O) groups excluding carboxylic acids is 1. The number of rotatable bonds is 6. The second-order valence-electron chi connectivity index (χ2n) is 4.84. The van der Waals surface area contributed by atoms with Crippen LogP contribution in [0.1, 0.15) is 24.2 Å². The number of nitrogen functional groups attached to an aromatic ring is 1. The maximum absolute atomic E-state index is 12.5. The van der Waals surface area contributed by atoms with Gasteiger partial charge in [-0.1, -0.05) is 31.5 Å².